The first-order valence-electron chi connectivity index (χ1n) is 6.20. The van der Waals surface area contributed by atoms with Gasteiger partial charge in [-0.15, -0.1) is 11.3 Å². The van der Waals surface area contributed by atoms with Crippen LogP contribution in [0.1, 0.15) is 16.5 Å². The summed E-state index contributed by atoms with van der Waals surface area (Å²) in [4.78, 5) is 0.779. The molecule has 2 aromatic rings. The summed E-state index contributed by atoms with van der Waals surface area (Å²) >= 11 is 4.83. The average Bonchev–Trinajstić information content (AvgIpc) is 2.92. The van der Waals surface area contributed by atoms with E-state index in [4.69, 9.17) is 4.74 Å². The predicted octanol–water partition coefficient (Wildman–Crippen LogP) is 3.69. The Morgan fingerprint density at radius 2 is 2.15 bits per heavy atom. The van der Waals surface area contributed by atoms with E-state index in [9.17, 15) is 10.4 Å². The van der Waals surface area contributed by atoms with E-state index in [1.54, 1.807) is 0 Å². The quantitative estimate of drug-likeness (QED) is 0.899. The van der Waals surface area contributed by atoms with E-state index in [0.29, 0.717) is 6.42 Å². The molecule has 1 N–H and O–H groups in total. The number of aliphatic hydroxyl groups is 1. The van der Waals surface area contributed by atoms with E-state index >= 15 is 0 Å². The molecule has 0 bridgehead atoms. The summed E-state index contributed by atoms with van der Waals surface area (Å²) in [7, 11) is 0. The second kappa shape index (κ2) is 5.21. The second-order valence-electron chi connectivity index (χ2n) is 4.89. The van der Waals surface area contributed by atoms with Gasteiger partial charge in [0.2, 0.25) is 0 Å². The maximum Gasteiger partial charge on any atom is 0.126 e. The van der Waals surface area contributed by atoms with Crippen LogP contribution in [0.25, 0.3) is 0 Å². The molecule has 2 atom stereocenters. The van der Waals surface area contributed by atoms with E-state index in [2.05, 4.69) is 22.0 Å². The molecular formula is C15H12BrNO2S. The van der Waals surface area contributed by atoms with Crippen molar-refractivity contribution in [2.45, 2.75) is 12.5 Å². The highest BCUT2D eigenvalue weighted by Gasteiger charge is 2.44. The van der Waals surface area contributed by atoms with Crippen LogP contribution in [-0.2, 0) is 6.42 Å². The molecule has 0 aliphatic carbocycles. The number of nitriles is 1. The van der Waals surface area contributed by atoms with Crippen LogP contribution in [0.3, 0.4) is 0 Å². The third-order valence-corrected chi connectivity index (χ3v) is 5.25. The molecule has 3 rings (SSSR count). The third kappa shape index (κ3) is 2.24. The molecule has 102 valence electrons. The normalized spacial score (nSPS) is 22.4. The van der Waals surface area contributed by atoms with Crippen molar-refractivity contribution in [3.8, 4) is 11.8 Å². The van der Waals surface area contributed by atoms with Crippen LogP contribution < -0.4 is 4.74 Å². The predicted molar refractivity (Wildman–Crippen MR) is 80.7 cm³/mol. The lowest BCUT2D eigenvalue weighted by molar-refractivity contribution is 0.0195. The summed E-state index contributed by atoms with van der Waals surface area (Å²) in [5.74, 6) is 0.804. The van der Waals surface area contributed by atoms with Gasteiger partial charge in [0.25, 0.3) is 0 Å². The first kappa shape index (κ1) is 13.6. The van der Waals surface area contributed by atoms with E-state index < -0.39 is 11.5 Å². The van der Waals surface area contributed by atoms with Crippen LogP contribution >= 0.6 is 27.3 Å². The number of ether oxygens (including phenoxy) is 1. The second-order valence-corrected chi connectivity index (χ2v) is 7.38. The number of rotatable bonds is 2. The van der Waals surface area contributed by atoms with Crippen LogP contribution in [-0.4, -0.2) is 11.7 Å². The molecule has 1 aromatic carbocycles. The highest BCUT2D eigenvalue weighted by molar-refractivity contribution is 9.11. The van der Waals surface area contributed by atoms with Crippen molar-refractivity contribution < 1.29 is 9.84 Å². The van der Waals surface area contributed by atoms with Crippen LogP contribution in [0.4, 0.5) is 0 Å². The maximum atomic E-state index is 10.6. The lowest BCUT2D eigenvalue weighted by Gasteiger charge is -2.35. The number of thiophene rings is 1. The van der Waals surface area contributed by atoms with Gasteiger partial charge in [0, 0.05) is 11.3 Å². The number of hydrogen-bond donors (Lipinski definition) is 1. The highest BCUT2D eigenvalue weighted by Crippen LogP contribution is 2.44. The zero-order valence-electron chi connectivity index (χ0n) is 10.5. The minimum absolute atomic E-state index is 0.206. The molecule has 0 amide bonds. The number of halogens is 1. The van der Waals surface area contributed by atoms with Gasteiger partial charge in [-0.1, -0.05) is 18.2 Å². The zero-order chi connectivity index (χ0) is 14.2. The minimum Gasteiger partial charge on any atom is -0.492 e. The Bertz CT molecular complexity index is 679. The number of nitrogens with zero attached hydrogens (tertiary/aromatic N) is 1. The Kier molecular flexibility index (Phi) is 3.55. The van der Waals surface area contributed by atoms with Crippen molar-refractivity contribution in [2.75, 3.05) is 6.61 Å². The molecule has 20 heavy (non-hydrogen) atoms. The van der Waals surface area contributed by atoms with Crippen LogP contribution in [0.5, 0.6) is 5.75 Å². The molecule has 0 radical (unpaired) electrons. The molecule has 5 heteroatoms. The van der Waals surface area contributed by atoms with Crippen LogP contribution in [0, 0.1) is 16.7 Å². The Labute approximate surface area is 129 Å². The van der Waals surface area contributed by atoms with Crippen LogP contribution in [0.15, 0.2) is 40.2 Å². The molecule has 3 nitrogen and oxygen atoms in total. The summed E-state index contributed by atoms with van der Waals surface area (Å²) in [6, 6.07) is 13.7. The van der Waals surface area contributed by atoms with Gasteiger partial charge >= 0.3 is 0 Å². The molecule has 0 saturated carbocycles. The van der Waals surface area contributed by atoms with Gasteiger partial charge in [-0.05, 0) is 39.7 Å². The summed E-state index contributed by atoms with van der Waals surface area (Å²) in [5.41, 5.74) is 0.0357. The average molecular weight is 350 g/mol. The Morgan fingerprint density at radius 1 is 1.35 bits per heavy atom. The van der Waals surface area contributed by atoms with Gasteiger partial charge in [0.05, 0.1) is 9.86 Å². The minimum atomic E-state index is -0.932. The van der Waals surface area contributed by atoms with E-state index in [1.807, 2.05) is 36.4 Å². The smallest absolute Gasteiger partial charge is 0.126 e. The topological polar surface area (TPSA) is 53.2 Å². The number of hydrogen-bond acceptors (Lipinski definition) is 4. The lowest BCUT2D eigenvalue weighted by atomic mass is 9.76. The molecule has 2 unspecified atom stereocenters. The summed E-state index contributed by atoms with van der Waals surface area (Å²) in [5, 5.41) is 20.2. The van der Waals surface area contributed by atoms with Gasteiger partial charge < -0.3 is 9.84 Å². The number of benzene rings is 1. The highest BCUT2D eigenvalue weighted by atomic mass is 79.9. The monoisotopic (exact) mass is 349 g/mol. The van der Waals surface area contributed by atoms with E-state index in [0.717, 1.165) is 20.0 Å². The van der Waals surface area contributed by atoms with Gasteiger partial charge in [-0.3, -0.25) is 0 Å². The Balaban J connectivity index is 1.96. The van der Waals surface area contributed by atoms with E-state index in [1.165, 1.54) is 11.3 Å². The van der Waals surface area contributed by atoms with Gasteiger partial charge in [-0.25, -0.2) is 0 Å². The molecule has 0 fully saturated rings. The lowest BCUT2D eigenvalue weighted by Crippen LogP contribution is -2.38. The summed E-state index contributed by atoms with van der Waals surface area (Å²) in [6.45, 7) is 0.206. The third-order valence-electron chi connectivity index (χ3n) is 3.57. The summed E-state index contributed by atoms with van der Waals surface area (Å²) < 4.78 is 6.63. The number of fused-ring (bicyclic) bond motifs is 1. The largest absolute Gasteiger partial charge is 0.492 e. The van der Waals surface area contributed by atoms with Gasteiger partial charge in [0.15, 0.2) is 0 Å². The van der Waals surface area contributed by atoms with Crippen molar-refractivity contribution >= 4 is 27.3 Å². The van der Waals surface area contributed by atoms with Crippen molar-refractivity contribution in [3.63, 3.8) is 0 Å². The number of para-hydroxylation sites is 1. The van der Waals surface area contributed by atoms with Gasteiger partial charge in [0.1, 0.15) is 23.9 Å². The Morgan fingerprint density at radius 3 is 2.85 bits per heavy atom. The van der Waals surface area contributed by atoms with Crippen molar-refractivity contribution in [1.82, 2.24) is 0 Å². The molecule has 1 aromatic heterocycles. The molecular weight excluding hydrogens is 338 g/mol. The molecule has 1 aliphatic rings. The van der Waals surface area contributed by atoms with Crippen LogP contribution in [0.2, 0.25) is 0 Å². The fourth-order valence-corrected chi connectivity index (χ4v) is 3.97. The van der Waals surface area contributed by atoms with E-state index in [-0.39, 0.29) is 6.61 Å². The molecule has 0 saturated heterocycles. The summed E-state index contributed by atoms with van der Waals surface area (Å²) in [6.07, 6.45) is -0.353. The standard InChI is InChI=1S/C15H12BrNO2S/c16-13-6-5-12(20-13)14(18)15(8-17)7-10-3-1-2-4-11(10)19-9-15/h1-6,14,18H,7,9H2. The first-order chi connectivity index (χ1) is 9.64. The Hall–Kier alpha value is -1.35. The fourth-order valence-electron chi connectivity index (χ4n) is 2.44. The first-order valence-corrected chi connectivity index (χ1v) is 7.81. The fraction of sp³-hybridized carbons (Fsp3) is 0.267. The number of aliphatic hydroxyl groups excluding tert-OH is 1. The maximum absolute atomic E-state index is 10.6. The SMILES string of the molecule is N#CC1(C(O)c2ccc(Br)s2)COc2ccccc2C1. The van der Waals surface area contributed by atoms with Crippen molar-refractivity contribution in [1.29, 1.82) is 5.26 Å². The van der Waals surface area contributed by atoms with Gasteiger partial charge in [-0.2, -0.15) is 5.26 Å². The zero-order valence-corrected chi connectivity index (χ0v) is 12.9. The molecule has 2 heterocycles. The van der Waals surface area contributed by atoms with Crippen molar-refractivity contribution in [3.05, 3.63) is 50.6 Å². The molecule has 1 aliphatic heterocycles. The van der Waals surface area contributed by atoms with Crippen molar-refractivity contribution in [2.24, 2.45) is 5.41 Å². The molecule has 0 spiro atoms.